The second-order valence-electron chi connectivity index (χ2n) is 9.51. The van der Waals surface area contributed by atoms with Gasteiger partial charge in [0.25, 0.3) is 5.91 Å². The third-order valence-electron chi connectivity index (χ3n) is 7.02. The van der Waals surface area contributed by atoms with E-state index >= 15 is 0 Å². The molecule has 2 fully saturated rings. The number of hydrogen-bond acceptors (Lipinski definition) is 5. The number of ether oxygens (including phenoxy) is 1. The fourth-order valence-electron chi connectivity index (χ4n) is 5.04. The highest BCUT2D eigenvalue weighted by Gasteiger charge is 2.65. The molecule has 2 saturated heterocycles. The van der Waals surface area contributed by atoms with Gasteiger partial charge in [0.1, 0.15) is 22.1 Å². The summed E-state index contributed by atoms with van der Waals surface area (Å²) >= 11 is 0. The largest absolute Gasteiger partial charge is 0.398 e. The number of imidazole rings is 1. The van der Waals surface area contributed by atoms with Crippen molar-refractivity contribution in [3.63, 3.8) is 0 Å². The van der Waals surface area contributed by atoms with Gasteiger partial charge in [0.15, 0.2) is 5.65 Å². The molecule has 1 aromatic carbocycles. The lowest BCUT2D eigenvalue weighted by Gasteiger charge is -2.40. The molecule has 2 aliphatic heterocycles. The molecule has 0 aliphatic carbocycles. The first-order chi connectivity index (χ1) is 17.2. The van der Waals surface area contributed by atoms with Gasteiger partial charge in [-0.15, -0.1) is 0 Å². The lowest BCUT2D eigenvalue weighted by molar-refractivity contribution is 0.0713. The molecule has 0 saturated carbocycles. The predicted octanol–water partition coefficient (Wildman–Crippen LogP) is 6.25. The Morgan fingerprint density at radius 3 is 2.35 bits per heavy atom. The lowest BCUT2D eigenvalue weighted by Crippen LogP contribution is -2.38. The molecule has 2 aliphatic rings. The van der Waals surface area contributed by atoms with Gasteiger partial charge in [0.2, 0.25) is 0 Å². The highest BCUT2D eigenvalue weighted by Crippen LogP contribution is 3.02. The molecule has 37 heavy (non-hydrogen) atoms. The molecule has 7 nitrogen and oxygen atoms in total. The topological polar surface area (TPSA) is 97.1 Å². The Bertz CT molecular complexity index is 1370. The number of rotatable bonds is 4. The zero-order valence-corrected chi connectivity index (χ0v) is 20.3. The van der Waals surface area contributed by atoms with Crippen LogP contribution in [0.5, 0.6) is 0 Å². The van der Waals surface area contributed by atoms with Crippen molar-refractivity contribution < 1.29 is 33.4 Å². The number of amides is 1. The molecule has 0 radical (unpaired) electrons. The maximum atomic E-state index is 14.9. The van der Waals surface area contributed by atoms with Gasteiger partial charge in [-0.05, 0) is 49.8 Å². The van der Waals surface area contributed by atoms with Gasteiger partial charge in [-0.3, -0.25) is 4.79 Å². The molecule has 0 unspecified atom stereocenters. The summed E-state index contributed by atoms with van der Waals surface area (Å²) in [5.74, 6) is -0.553. The van der Waals surface area contributed by atoms with Gasteiger partial charge in [0, 0.05) is 43.5 Å². The Balaban J connectivity index is 1.33. The predicted molar refractivity (Wildman–Crippen MR) is 127 cm³/mol. The minimum atomic E-state index is -9.92. The number of likely N-dealkylation sites (tertiary alicyclic amines) is 1. The second-order valence-corrected chi connectivity index (χ2v) is 11.9. The minimum Gasteiger partial charge on any atom is -0.398 e. The van der Waals surface area contributed by atoms with Gasteiger partial charge in [-0.25, -0.2) is 14.4 Å². The maximum absolute atomic E-state index is 14.9. The number of anilines is 1. The average molecular weight is 550 g/mol. The van der Waals surface area contributed by atoms with E-state index in [1.165, 1.54) is 4.90 Å². The van der Waals surface area contributed by atoms with Crippen molar-refractivity contribution in [3.05, 3.63) is 47.2 Å². The average Bonchev–Trinajstić information content (AvgIpc) is 3.27. The SMILES string of the molecule is Nc1cc(S(F)(F)(F)(F)F)ccc1C(=O)N1CCC(c2c(F)cnc3[nH]c(C4CCOCC4)nc23)CC1. The molecule has 3 aromatic rings. The number of carbonyl (C=O) groups excluding carboxylic acids is 1. The molecule has 14 heteroatoms. The molecule has 0 atom stereocenters. The van der Waals surface area contributed by atoms with E-state index in [2.05, 4.69) is 15.0 Å². The number of carbonyl (C=O) groups is 1. The smallest absolute Gasteiger partial charge is 0.310 e. The normalized spacial score (nSPS) is 20.1. The highest BCUT2D eigenvalue weighted by molar-refractivity contribution is 8.45. The molecule has 202 valence electrons. The van der Waals surface area contributed by atoms with Crippen LogP contribution in [0.2, 0.25) is 0 Å². The summed E-state index contributed by atoms with van der Waals surface area (Å²) in [5, 5.41) is 0. The van der Waals surface area contributed by atoms with Crippen LogP contribution in [0.25, 0.3) is 11.2 Å². The summed E-state index contributed by atoms with van der Waals surface area (Å²) in [5.41, 5.74) is 5.92. The lowest BCUT2D eigenvalue weighted by atomic mass is 9.88. The van der Waals surface area contributed by atoms with Crippen molar-refractivity contribution >= 4 is 33.0 Å². The number of aromatic amines is 1. The van der Waals surface area contributed by atoms with E-state index < -0.39 is 32.5 Å². The number of aromatic nitrogens is 3. The Morgan fingerprint density at radius 2 is 1.73 bits per heavy atom. The van der Waals surface area contributed by atoms with Crippen molar-refractivity contribution in [2.24, 2.45) is 0 Å². The van der Waals surface area contributed by atoms with E-state index in [0.717, 1.165) is 24.9 Å². The number of piperidine rings is 1. The number of pyridine rings is 1. The van der Waals surface area contributed by atoms with E-state index in [-0.39, 0.29) is 42.6 Å². The zero-order chi connectivity index (χ0) is 26.7. The van der Waals surface area contributed by atoms with Crippen LogP contribution < -0.4 is 5.73 Å². The van der Waals surface area contributed by atoms with E-state index in [1.807, 2.05) is 0 Å². The third-order valence-corrected chi connectivity index (χ3v) is 8.16. The van der Waals surface area contributed by atoms with Crippen LogP contribution in [-0.4, -0.2) is 52.1 Å². The van der Waals surface area contributed by atoms with E-state index in [4.69, 9.17) is 10.5 Å². The summed E-state index contributed by atoms with van der Waals surface area (Å²) in [4.78, 5) is 24.1. The van der Waals surface area contributed by atoms with Crippen LogP contribution in [0.15, 0.2) is 29.3 Å². The number of nitrogens with one attached hydrogen (secondary N) is 1. The maximum Gasteiger partial charge on any atom is 0.310 e. The number of nitrogens with two attached hydrogens (primary N) is 1. The van der Waals surface area contributed by atoms with Crippen LogP contribution in [-0.2, 0) is 4.74 Å². The van der Waals surface area contributed by atoms with Crippen LogP contribution in [0.3, 0.4) is 0 Å². The Hall–Kier alpha value is -3.00. The number of benzene rings is 1. The summed E-state index contributed by atoms with van der Waals surface area (Å²) in [6.07, 6.45) is 3.46. The van der Waals surface area contributed by atoms with Crippen molar-refractivity contribution in [2.75, 3.05) is 32.0 Å². The summed E-state index contributed by atoms with van der Waals surface area (Å²) < 4.78 is 85.7. The van der Waals surface area contributed by atoms with E-state index in [1.54, 1.807) is 0 Å². The van der Waals surface area contributed by atoms with Gasteiger partial charge < -0.3 is 20.4 Å². The quantitative estimate of drug-likeness (QED) is 0.296. The molecule has 0 spiro atoms. The number of hydrogen-bond donors (Lipinski definition) is 2. The van der Waals surface area contributed by atoms with Gasteiger partial charge in [-0.2, -0.15) is 0 Å². The van der Waals surface area contributed by atoms with Crippen molar-refractivity contribution in [1.29, 1.82) is 0 Å². The molecule has 0 bridgehead atoms. The zero-order valence-electron chi connectivity index (χ0n) is 19.5. The van der Waals surface area contributed by atoms with Gasteiger partial charge in [0.05, 0.1) is 11.8 Å². The fourth-order valence-corrected chi connectivity index (χ4v) is 5.71. The fraction of sp³-hybridized carbons (Fsp3) is 0.435. The molecular weight excluding hydrogens is 524 g/mol. The van der Waals surface area contributed by atoms with E-state index in [9.17, 15) is 28.6 Å². The number of halogens is 6. The molecule has 2 aromatic heterocycles. The van der Waals surface area contributed by atoms with Crippen molar-refractivity contribution in [1.82, 2.24) is 19.9 Å². The summed E-state index contributed by atoms with van der Waals surface area (Å²) in [6.45, 7) is 1.59. The van der Waals surface area contributed by atoms with Crippen molar-refractivity contribution in [3.8, 4) is 0 Å². The van der Waals surface area contributed by atoms with Crippen LogP contribution >= 0.6 is 10.2 Å². The molecule has 3 N–H and O–H groups in total. The Kier molecular flexibility index (Phi) is 5.72. The number of nitrogens with zero attached hydrogens (tertiary/aromatic N) is 3. The number of H-pyrrole nitrogens is 1. The van der Waals surface area contributed by atoms with Crippen LogP contribution in [0.1, 0.15) is 59.3 Å². The molecule has 4 heterocycles. The Morgan fingerprint density at radius 1 is 1.05 bits per heavy atom. The van der Waals surface area contributed by atoms with Crippen LogP contribution in [0, 0.1) is 5.82 Å². The summed E-state index contributed by atoms with van der Waals surface area (Å²) in [7, 11) is -9.92. The first-order valence-corrected chi connectivity index (χ1v) is 13.7. The highest BCUT2D eigenvalue weighted by atomic mass is 32.5. The van der Waals surface area contributed by atoms with Crippen LogP contribution in [0.4, 0.5) is 29.5 Å². The minimum absolute atomic E-state index is 0.0955. The summed E-state index contributed by atoms with van der Waals surface area (Å²) in [6, 6.07) is 0.942. The van der Waals surface area contributed by atoms with Gasteiger partial charge in [-0.1, -0.05) is 19.4 Å². The standard InChI is InChI=1S/C23H25F6N5O2S/c24-17-12-31-22-20(32-21(33-22)14-5-9-36-10-6-14)19(17)13-3-7-34(8-4-13)23(35)16-2-1-15(11-18(16)30)37(25,26,27,28)29/h1-2,11-14H,3-10,30H2,(H,31,32,33). The molecular formula is C23H25F6N5O2S. The first kappa shape index (κ1) is 25.6. The van der Waals surface area contributed by atoms with E-state index in [0.29, 0.717) is 48.8 Å². The number of fused-ring (bicyclic) bond motifs is 1. The number of nitrogen functional groups attached to an aromatic ring is 1. The molecule has 1 amide bonds. The second kappa shape index (κ2) is 8.25. The van der Waals surface area contributed by atoms with Crippen molar-refractivity contribution in [2.45, 2.75) is 42.4 Å². The Labute approximate surface area is 208 Å². The molecule has 5 rings (SSSR count). The monoisotopic (exact) mass is 549 g/mol. The third kappa shape index (κ3) is 5.08. The first-order valence-electron chi connectivity index (χ1n) is 11.8. The van der Waals surface area contributed by atoms with Gasteiger partial charge >= 0.3 is 10.2 Å².